The van der Waals surface area contributed by atoms with Crippen molar-refractivity contribution in [2.45, 2.75) is 424 Å². The molecule has 0 saturated heterocycles. The van der Waals surface area contributed by atoms with E-state index in [1.165, 1.54) is 0 Å². The van der Waals surface area contributed by atoms with E-state index in [1.807, 2.05) is 0 Å². The maximum Gasteiger partial charge on any atom is 0.231 e. The topological polar surface area (TPSA) is 155 Å². The van der Waals surface area contributed by atoms with Gasteiger partial charge in [0.2, 0.25) is 27.2 Å². The molecule has 4 aliphatic heterocycles. The van der Waals surface area contributed by atoms with E-state index in [0.717, 1.165) is 147 Å². The van der Waals surface area contributed by atoms with E-state index in [-0.39, 0.29) is 27.2 Å². The molecule has 0 saturated carbocycles. The molecule has 12 nitrogen and oxygen atoms in total. The van der Waals surface area contributed by atoms with Crippen molar-refractivity contribution in [2.24, 2.45) is 43.3 Å². The maximum atomic E-state index is 11.2. The van der Waals surface area contributed by atoms with E-state index in [1.54, 1.807) is 55.4 Å². The molecule has 4 heterocycles. The van der Waals surface area contributed by atoms with E-state index < -0.39 is 89.4 Å². The lowest BCUT2D eigenvalue weighted by Gasteiger charge is -2.36. The molecule has 4 aromatic rings. The minimum Gasteiger partial charge on any atom is -0.456 e. The summed E-state index contributed by atoms with van der Waals surface area (Å²) in [5.74, 6) is 59.0. The van der Waals surface area contributed by atoms with Gasteiger partial charge in [-0.1, -0.05) is 414 Å². The number of allylic oxidation sites excluding steroid dienone is 4. The Hall–Kier alpha value is -10.3. The highest BCUT2D eigenvalue weighted by atomic mass is 16.7. The molecule has 12 heteroatoms. The second kappa shape index (κ2) is 45.9. The SMILES string of the molecule is CCCCCCC1c2cc3c4c(C#CC(=C=C(C#CC(C)(C)O)C(C)(C)C)C(C)(C)C)c2OCOc2c1cc1c(c2C#CC(=C=C(C#CC(C)(C)O)C(C)(C)C)C(C)(C)C)OCOc2c(cc5c(c2C#CC(=C=C(C#CC(C)(C)O)C(C)(C)C)C(C)(C)C)OCOc2c(cc(c(c2C#CC(=C=C(C#CC(C)(C)O)C(C)(C)C)C(C)(C)C)OCO4)C3CCCCCC)C5CCCCCC)C1CCCCCC. The number of benzene rings is 4. The lowest BCUT2D eigenvalue weighted by atomic mass is 9.74. The lowest BCUT2D eigenvalue weighted by Crippen LogP contribution is -2.25. The predicted molar refractivity (Wildman–Crippen MR) is 574 cm³/mol. The van der Waals surface area contributed by atoms with Crippen molar-refractivity contribution < 1.29 is 58.3 Å². The van der Waals surface area contributed by atoms with E-state index in [2.05, 4.69) is 336 Å². The molecule has 9 rings (SSSR count). The van der Waals surface area contributed by atoms with Gasteiger partial charge in [0.15, 0.2) is 0 Å². The molecule has 1 aliphatic carbocycles. The summed E-state index contributed by atoms with van der Waals surface area (Å²) < 4.78 is 60.9. The van der Waals surface area contributed by atoms with Gasteiger partial charge in [0, 0.05) is 111 Å². The van der Waals surface area contributed by atoms with Crippen LogP contribution in [-0.2, 0) is 0 Å². The number of hydrogen-bond acceptors (Lipinski definition) is 12. The minimum atomic E-state index is -1.29. The van der Waals surface area contributed by atoms with E-state index in [4.69, 9.17) is 37.9 Å². The molecule has 0 aromatic heterocycles. The summed E-state index contributed by atoms with van der Waals surface area (Å²) in [5.41, 5.74) is 20.4. The summed E-state index contributed by atoms with van der Waals surface area (Å²) in [6, 6.07) is 9.61. The van der Waals surface area contributed by atoms with E-state index >= 15 is 0 Å². The molecule has 0 atom stereocenters. The first-order valence-corrected chi connectivity index (χ1v) is 51.9. The van der Waals surface area contributed by atoms with Crippen molar-refractivity contribution in [1.82, 2.24) is 0 Å². The molecule has 8 bridgehead atoms. The van der Waals surface area contributed by atoms with Crippen LogP contribution in [0.4, 0.5) is 0 Å². The Morgan fingerprint density at radius 2 is 0.364 bits per heavy atom. The second-order valence-corrected chi connectivity index (χ2v) is 49.3. The van der Waals surface area contributed by atoms with Gasteiger partial charge in [-0.25, -0.2) is 0 Å². The van der Waals surface area contributed by atoms with Gasteiger partial charge < -0.3 is 58.3 Å². The number of rotatable bonds is 20. The van der Waals surface area contributed by atoms with Gasteiger partial charge in [-0.2, -0.15) is 0 Å². The molecule has 0 amide bonds. The molecule has 0 spiro atoms. The number of unbranched alkanes of at least 4 members (excludes halogenated alkanes) is 12. The summed E-state index contributed by atoms with van der Waals surface area (Å²) in [5, 5.41) is 45.0. The average molecular weight is 1900 g/mol. The fourth-order valence-electron chi connectivity index (χ4n) is 17.2. The van der Waals surface area contributed by atoms with E-state index in [0.29, 0.717) is 139 Å². The zero-order chi connectivity index (χ0) is 104. The third kappa shape index (κ3) is 30.9. The highest BCUT2D eigenvalue weighted by Crippen LogP contribution is 2.59. The summed E-state index contributed by atoms with van der Waals surface area (Å²) in [6.07, 6.45) is 17.5. The summed E-state index contributed by atoms with van der Waals surface area (Å²) in [6.45, 7) is 72.5. The smallest absolute Gasteiger partial charge is 0.231 e. The normalized spacial score (nSPS) is 15.8. The van der Waals surface area contributed by atoms with Crippen LogP contribution in [-0.4, -0.2) is 70.0 Å². The van der Waals surface area contributed by atoms with Crippen molar-refractivity contribution in [3.05, 3.63) is 159 Å². The van der Waals surface area contributed by atoms with Crippen LogP contribution < -0.4 is 37.9 Å². The Morgan fingerprint density at radius 3 is 0.493 bits per heavy atom. The first-order valence-electron chi connectivity index (χ1n) is 51.9. The third-order valence-electron chi connectivity index (χ3n) is 25.4. The summed E-state index contributed by atoms with van der Waals surface area (Å²) in [4.78, 5) is 0. The molecular formula is C128H168O12. The van der Waals surface area contributed by atoms with Gasteiger partial charge in [-0.05, 0) is 105 Å². The molecule has 4 aromatic carbocycles. The van der Waals surface area contributed by atoms with E-state index in [9.17, 15) is 20.4 Å². The van der Waals surface area contributed by atoms with Gasteiger partial charge in [0.1, 0.15) is 90.7 Å². The number of ether oxygens (including phenoxy) is 8. The molecule has 140 heavy (non-hydrogen) atoms. The van der Waals surface area contributed by atoms with Gasteiger partial charge in [0.25, 0.3) is 0 Å². The predicted octanol–water partition coefficient (Wildman–Crippen LogP) is 30.0. The maximum absolute atomic E-state index is 11.2. The van der Waals surface area contributed by atoms with Gasteiger partial charge in [-0.3, -0.25) is 0 Å². The van der Waals surface area contributed by atoms with Crippen molar-refractivity contribution in [2.75, 3.05) is 27.2 Å². The molecular weight excluding hydrogens is 1730 g/mol. The standard InChI is InChI=1S/C128H168O12/c1-37-41-45-49-53-93-101-77-103-94(54-50-46-42-38-2)105-79-107-96(56-52-48-44-40-4)108-80-106-95(55-51-47-43-39-3)104-78-102(93)110-98(62-58-86(118(8,9)10)74-90(122(20,21)22)66-70-126(31,32)130)112(104)136-83-138-114(106)100(64-60-88(120(14,15)16)76-92(124(26,27)28)68-72-128(35,36)132)116(108)140-84-139-115(107)99(63-59-87(119(11,12)13)75-91(123(23,24)25)67-71-127(33,34)131)113(105)137-82-135-111(103)97(109(101)133-81-134-110)61-57-85(117(5,6)7)73-89(121(17,18)19)65-69-125(29,30)129/h77-80,93-96,129-132H,37-56,81-84H2,1-36H3. The fraction of sp³-hybridized carbons (Fsp3) is 0.594. The monoisotopic (exact) mass is 1900 g/mol. The molecule has 0 unspecified atom stereocenters. The summed E-state index contributed by atoms with van der Waals surface area (Å²) >= 11 is 0. The Balaban J connectivity index is 1.76. The lowest BCUT2D eigenvalue weighted by molar-refractivity contribution is 0.0972. The van der Waals surface area contributed by atoms with Gasteiger partial charge in [0.05, 0.1) is 44.6 Å². The largest absolute Gasteiger partial charge is 0.456 e. The molecule has 0 fully saturated rings. The van der Waals surface area contributed by atoms with Crippen LogP contribution in [0.3, 0.4) is 0 Å². The highest BCUT2D eigenvalue weighted by molar-refractivity contribution is 5.76. The zero-order valence-electron chi connectivity index (χ0n) is 92.6. The quantitative estimate of drug-likeness (QED) is 0.0378. The first-order chi connectivity index (χ1) is 64.9. The molecule has 5 aliphatic rings. The van der Waals surface area contributed by atoms with Crippen LogP contribution in [0, 0.1) is 138 Å². The van der Waals surface area contributed by atoms with Crippen molar-refractivity contribution in [1.29, 1.82) is 0 Å². The molecule has 0 radical (unpaired) electrons. The summed E-state index contributed by atoms with van der Waals surface area (Å²) in [7, 11) is 0. The zero-order valence-corrected chi connectivity index (χ0v) is 92.6. The van der Waals surface area contributed by atoms with Gasteiger partial charge in [-0.15, -0.1) is 0 Å². The third-order valence-corrected chi connectivity index (χ3v) is 25.4. The van der Waals surface area contributed by atoms with Crippen LogP contribution in [0.15, 0.2) is 91.8 Å². The minimum absolute atomic E-state index is 0.303. The Morgan fingerprint density at radius 1 is 0.221 bits per heavy atom. The van der Waals surface area contributed by atoms with Crippen molar-refractivity contribution in [3.63, 3.8) is 0 Å². The van der Waals surface area contributed by atoms with Crippen molar-refractivity contribution >= 4 is 0 Å². The Bertz CT molecular complexity index is 5220. The number of aliphatic hydroxyl groups is 4. The first kappa shape index (κ1) is 113. The Labute approximate surface area is 846 Å². The van der Waals surface area contributed by atoms with Crippen molar-refractivity contribution in [3.8, 4) is 141 Å². The fourth-order valence-corrected chi connectivity index (χ4v) is 17.2. The van der Waals surface area contributed by atoms with Crippen LogP contribution in [0.2, 0.25) is 0 Å². The second-order valence-electron chi connectivity index (χ2n) is 49.3. The highest BCUT2D eigenvalue weighted by Gasteiger charge is 2.43. The molecule has 4 N–H and O–H groups in total. The van der Waals surface area contributed by atoms with Crippen LogP contribution in [0.25, 0.3) is 0 Å². The van der Waals surface area contributed by atoms with Crippen LogP contribution in [0.1, 0.15) is 468 Å². The molecule has 752 valence electrons. The van der Waals surface area contributed by atoms with Gasteiger partial charge >= 0.3 is 0 Å². The van der Waals surface area contributed by atoms with Crippen LogP contribution in [0.5, 0.6) is 46.0 Å². The van der Waals surface area contributed by atoms with Crippen LogP contribution >= 0.6 is 0 Å². The number of hydrogen-bond donors (Lipinski definition) is 4. The Kier molecular flexibility index (Phi) is 37.2. The average Bonchev–Trinajstić information content (AvgIpc) is 0.717.